The summed E-state index contributed by atoms with van der Waals surface area (Å²) in [6.45, 7) is 2.45. The van der Waals surface area contributed by atoms with Crippen LogP contribution >= 0.6 is 0 Å². The number of aromatic nitrogens is 1. The second-order valence-electron chi connectivity index (χ2n) is 7.08. The second-order valence-corrected chi connectivity index (χ2v) is 7.08. The fourth-order valence-corrected chi connectivity index (χ4v) is 3.11. The van der Waals surface area contributed by atoms with Crippen molar-refractivity contribution >= 4 is 5.91 Å². The van der Waals surface area contributed by atoms with Gasteiger partial charge in [0.25, 0.3) is 11.5 Å². The average molecular weight is 375 g/mol. The van der Waals surface area contributed by atoms with Crippen molar-refractivity contribution in [3.63, 3.8) is 0 Å². The van der Waals surface area contributed by atoms with Crippen molar-refractivity contribution in [2.45, 2.75) is 13.0 Å². The molecule has 0 radical (unpaired) electrons. The van der Waals surface area contributed by atoms with Crippen molar-refractivity contribution in [3.8, 4) is 11.3 Å². The van der Waals surface area contributed by atoms with Gasteiger partial charge in [-0.05, 0) is 44.3 Å². The first-order chi connectivity index (χ1) is 13.5. The van der Waals surface area contributed by atoms with E-state index in [1.807, 2.05) is 56.3 Å². The Morgan fingerprint density at radius 1 is 1.00 bits per heavy atom. The first-order valence-corrected chi connectivity index (χ1v) is 9.25. The van der Waals surface area contributed by atoms with Crippen LogP contribution < -0.4 is 10.9 Å². The van der Waals surface area contributed by atoms with Crippen LogP contribution in [0.1, 0.15) is 27.5 Å². The predicted octanol–water partition coefficient (Wildman–Crippen LogP) is 3.38. The number of nitrogens with one attached hydrogen (secondary N) is 2. The lowest BCUT2D eigenvalue weighted by Gasteiger charge is -2.25. The molecule has 5 nitrogen and oxygen atoms in total. The van der Waals surface area contributed by atoms with Crippen molar-refractivity contribution in [1.29, 1.82) is 0 Å². The molecule has 2 aromatic carbocycles. The molecule has 5 heteroatoms. The van der Waals surface area contributed by atoms with E-state index in [9.17, 15) is 9.59 Å². The SMILES string of the molecule is Cc1ccc(C(CNC(=O)c2ccc(-c3ccccc3)[nH]c2=O)N(C)C)cc1. The van der Waals surface area contributed by atoms with E-state index in [4.69, 9.17) is 0 Å². The van der Waals surface area contributed by atoms with Gasteiger partial charge in [-0.25, -0.2) is 0 Å². The Hall–Kier alpha value is -3.18. The van der Waals surface area contributed by atoms with Crippen molar-refractivity contribution in [3.05, 3.63) is 93.8 Å². The number of H-pyrrole nitrogens is 1. The summed E-state index contributed by atoms with van der Waals surface area (Å²) in [6.07, 6.45) is 0. The average Bonchev–Trinajstić information content (AvgIpc) is 2.69. The van der Waals surface area contributed by atoms with Crippen molar-refractivity contribution in [2.75, 3.05) is 20.6 Å². The Kier molecular flexibility index (Phi) is 6.06. The van der Waals surface area contributed by atoms with Gasteiger partial charge in [-0.1, -0.05) is 60.2 Å². The molecule has 0 spiro atoms. The normalized spacial score (nSPS) is 12.0. The molecular weight excluding hydrogens is 350 g/mol. The number of pyridine rings is 1. The third-order valence-corrected chi connectivity index (χ3v) is 4.78. The largest absolute Gasteiger partial charge is 0.350 e. The van der Waals surface area contributed by atoms with E-state index in [0.29, 0.717) is 12.2 Å². The van der Waals surface area contributed by atoms with E-state index in [-0.39, 0.29) is 17.5 Å². The highest BCUT2D eigenvalue weighted by Gasteiger charge is 2.17. The Balaban J connectivity index is 1.73. The molecule has 144 valence electrons. The van der Waals surface area contributed by atoms with Crippen molar-refractivity contribution < 1.29 is 4.79 Å². The zero-order valence-electron chi connectivity index (χ0n) is 16.4. The third kappa shape index (κ3) is 4.56. The number of benzene rings is 2. The number of hydrogen-bond donors (Lipinski definition) is 2. The summed E-state index contributed by atoms with van der Waals surface area (Å²) < 4.78 is 0. The topological polar surface area (TPSA) is 65.2 Å². The highest BCUT2D eigenvalue weighted by molar-refractivity contribution is 5.94. The fraction of sp³-hybridized carbons (Fsp3) is 0.217. The van der Waals surface area contributed by atoms with Crippen LogP contribution in [0, 0.1) is 6.92 Å². The summed E-state index contributed by atoms with van der Waals surface area (Å²) in [5, 5.41) is 2.89. The van der Waals surface area contributed by atoms with Crippen LogP contribution in [0.5, 0.6) is 0 Å². The standard InChI is InChI=1S/C23H25N3O2/c1-16-9-11-18(12-10-16)21(26(2)3)15-24-22(27)19-13-14-20(25-23(19)28)17-7-5-4-6-8-17/h4-14,21H,15H2,1-3H3,(H,24,27)(H,25,28). The van der Waals surface area contributed by atoms with Gasteiger partial charge in [0.05, 0.1) is 6.04 Å². The quantitative estimate of drug-likeness (QED) is 0.694. The van der Waals surface area contributed by atoms with Gasteiger partial charge < -0.3 is 15.2 Å². The lowest BCUT2D eigenvalue weighted by molar-refractivity contribution is 0.0940. The van der Waals surface area contributed by atoms with Crippen LogP contribution in [0.3, 0.4) is 0 Å². The Morgan fingerprint density at radius 3 is 2.29 bits per heavy atom. The maximum atomic E-state index is 12.6. The first-order valence-electron chi connectivity index (χ1n) is 9.25. The molecular formula is C23H25N3O2. The number of carbonyl (C=O) groups excluding carboxylic acids is 1. The first kappa shape index (κ1) is 19.6. The smallest absolute Gasteiger partial charge is 0.261 e. The summed E-state index contributed by atoms with van der Waals surface area (Å²) in [7, 11) is 3.94. The van der Waals surface area contributed by atoms with Crippen LogP contribution in [0.15, 0.2) is 71.5 Å². The van der Waals surface area contributed by atoms with Gasteiger partial charge >= 0.3 is 0 Å². The Labute approximate surface area is 165 Å². The molecule has 1 atom stereocenters. The number of aromatic amines is 1. The maximum Gasteiger partial charge on any atom is 0.261 e. The molecule has 0 saturated heterocycles. The van der Waals surface area contributed by atoms with E-state index >= 15 is 0 Å². The fourth-order valence-electron chi connectivity index (χ4n) is 3.11. The summed E-state index contributed by atoms with van der Waals surface area (Å²) in [5.74, 6) is -0.375. The number of hydrogen-bond acceptors (Lipinski definition) is 3. The molecule has 0 aliphatic rings. The highest BCUT2D eigenvalue weighted by atomic mass is 16.2. The zero-order valence-corrected chi connectivity index (χ0v) is 16.4. The van der Waals surface area contributed by atoms with E-state index in [1.165, 1.54) is 5.56 Å². The number of nitrogens with zero attached hydrogens (tertiary/aromatic N) is 1. The molecule has 1 heterocycles. The van der Waals surface area contributed by atoms with Gasteiger partial charge in [-0.3, -0.25) is 9.59 Å². The van der Waals surface area contributed by atoms with Gasteiger partial charge in [0, 0.05) is 12.2 Å². The van der Waals surface area contributed by atoms with E-state index in [0.717, 1.165) is 11.1 Å². The molecule has 1 amide bonds. The summed E-state index contributed by atoms with van der Waals surface area (Å²) >= 11 is 0. The van der Waals surface area contributed by atoms with Gasteiger partial charge in [0.15, 0.2) is 0 Å². The Morgan fingerprint density at radius 2 is 1.68 bits per heavy atom. The highest BCUT2D eigenvalue weighted by Crippen LogP contribution is 2.18. The number of amides is 1. The van der Waals surface area contributed by atoms with Gasteiger partial charge in [-0.15, -0.1) is 0 Å². The molecule has 0 fully saturated rings. The molecule has 2 N–H and O–H groups in total. The molecule has 3 aromatic rings. The summed E-state index contributed by atoms with van der Waals surface area (Å²) in [4.78, 5) is 29.8. The van der Waals surface area contributed by atoms with Gasteiger partial charge in [0.1, 0.15) is 5.56 Å². The maximum absolute atomic E-state index is 12.6. The second kappa shape index (κ2) is 8.67. The molecule has 1 unspecified atom stereocenters. The van der Waals surface area contributed by atoms with Crippen LogP contribution in [0.4, 0.5) is 0 Å². The zero-order chi connectivity index (χ0) is 20.1. The minimum atomic E-state index is -0.393. The number of likely N-dealkylation sites (N-methyl/N-ethyl adjacent to an activating group) is 1. The van der Waals surface area contributed by atoms with E-state index < -0.39 is 5.56 Å². The van der Waals surface area contributed by atoms with Gasteiger partial charge in [-0.2, -0.15) is 0 Å². The van der Waals surface area contributed by atoms with Gasteiger partial charge in [0.2, 0.25) is 0 Å². The lowest BCUT2D eigenvalue weighted by atomic mass is 10.0. The van der Waals surface area contributed by atoms with Crippen molar-refractivity contribution in [1.82, 2.24) is 15.2 Å². The summed E-state index contributed by atoms with van der Waals surface area (Å²) in [6, 6.07) is 21.1. The number of aryl methyl sites for hydroxylation is 1. The number of rotatable bonds is 6. The molecule has 28 heavy (non-hydrogen) atoms. The third-order valence-electron chi connectivity index (χ3n) is 4.78. The Bertz CT molecular complexity index is 992. The molecule has 1 aromatic heterocycles. The van der Waals surface area contributed by atoms with Crippen LogP contribution in [0.25, 0.3) is 11.3 Å². The molecule has 3 rings (SSSR count). The predicted molar refractivity (Wildman–Crippen MR) is 112 cm³/mol. The van der Waals surface area contributed by atoms with Crippen LogP contribution in [-0.2, 0) is 0 Å². The number of carbonyl (C=O) groups is 1. The minimum absolute atomic E-state index is 0.0206. The van der Waals surface area contributed by atoms with E-state index in [1.54, 1.807) is 12.1 Å². The van der Waals surface area contributed by atoms with Crippen LogP contribution in [0.2, 0.25) is 0 Å². The molecule has 0 bridgehead atoms. The molecule has 0 aliphatic heterocycles. The van der Waals surface area contributed by atoms with Crippen molar-refractivity contribution in [2.24, 2.45) is 0 Å². The molecule has 0 aliphatic carbocycles. The minimum Gasteiger partial charge on any atom is -0.350 e. The molecule has 0 saturated carbocycles. The monoisotopic (exact) mass is 375 g/mol. The van der Waals surface area contributed by atoms with E-state index in [2.05, 4.69) is 34.6 Å². The lowest BCUT2D eigenvalue weighted by Crippen LogP contribution is -2.36. The summed E-state index contributed by atoms with van der Waals surface area (Å²) in [5.41, 5.74) is 3.61. The van der Waals surface area contributed by atoms with Crippen LogP contribution in [-0.4, -0.2) is 36.4 Å².